The molecule has 382 valence electrons. The van der Waals surface area contributed by atoms with Crippen molar-refractivity contribution < 1.29 is 28.7 Å². The summed E-state index contributed by atoms with van der Waals surface area (Å²) < 4.78 is 10.9. The lowest BCUT2D eigenvalue weighted by atomic mass is 10.1. The van der Waals surface area contributed by atoms with Crippen LogP contribution in [0.5, 0.6) is 0 Å². The van der Waals surface area contributed by atoms with E-state index >= 15 is 0 Å². The van der Waals surface area contributed by atoms with Crippen molar-refractivity contribution in [2.75, 3.05) is 98.3 Å². The van der Waals surface area contributed by atoms with Crippen molar-refractivity contribution in [3.8, 4) is 0 Å². The van der Waals surface area contributed by atoms with Crippen molar-refractivity contribution in [3.63, 3.8) is 0 Å². The van der Waals surface area contributed by atoms with E-state index in [1.165, 1.54) is 122 Å². The van der Waals surface area contributed by atoms with Gasteiger partial charge >= 0.3 is 11.9 Å². The van der Waals surface area contributed by atoms with E-state index < -0.39 is 0 Å². The van der Waals surface area contributed by atoms with E-state index in [2.05, 4.69) is 49.3 Å². The van der Waals surface area contributed by atoms with Crippen LogP contribution in [0.4, 0.5) is 0 Å². The normalized spacial score (nSPS) is 13.1. The number of hydrogen-bond donors (Lipinski definition) is 0. The first-order valence-corrected chi connectivity index (χ1v) is 27.8. The Morgan fingerprint density at radius 3 is 1.08 bits per heavy atom. The Bertz CT molecular complexity index is 1130. The molecule has 1 fully saturated rings. The lowest BCUT2D eigenvalue weighted by molar-refractivity contribution is -0.144. The van der Waals surface area contributed by atoms with Gasteiger partial charge in [-0.25, -0.2) is 0 Å². The fraction of sp³-hybridized carbons (Fsp3) is 0.926. The van der Waals surface area contributed by atoms with Crippen LogP contribution in [-0.2, 0) is 28.7 Å². The van der Waals surface area contributed by atoms with Crippen LogP contribution in [0.3, 0.4) is 0 Å². The Morgan fingerprint density at radius 2 is 0.646 bits per heavy atom. The second-order valence-corrected chi connectivity index (χ2v) is 19.2. The molecule has 0 bridgehead atoms. The van der Waals surface area contributed by atoms with Crippen LogP contribution >= 0.6 is 0 Å². The van der Waals surface area contributed by atoms with Gasteiger partial charge in [-0.3, -0.25) is 29.0 Å². The lowest BCUT2D eigenvalue weighted by Gasteiger charge is -2.37. The molecule has 1 saturated heterocycles. The molecule has 11 heteroatoms. The van der Waals surface area contributed by atoms with Crippen molar-refractivity contribution >= 4 is 23.8 Å². The van der Waals surface area contributed by atoms with E-state index in [-0.39, 0.29) is 23.8 Å². The van der Waals surface area contributed by atoms with E-state index in [0.29, 0.717) is 65.3 Å². The first kappa shape index (κ1) is 60.8. The molecule has 0 atom stereocenters. The number of carbonyl (C=O) groups excluding carboxylic acids is 4. The molecule has 0 aromatic rings. The summed E-state index contributed by atoms with van der Waals surface area (Å²) >= 11 is 0. The molecule has 0 N–H and O–H groups in total. The lowest BCUT2D eigenvalue weighted by Crippen LogP contribution is -2.54. The summed E-state index contributed by atoms with van der Waals surface area (Å²) in [4.78, 5) is 63.2. The predicted molar refractivity (Wildman–Crippen MR) is 271 cm³/mol. The number of hydrogen-bond acceptors (Lipinski definition) is 9. The smallest absolute Gasteiger partial charge is 0.305 e. The van der Waals surface area contributed by atoms with Crippen LogP contribution in [0, 0.1) is 0 Å². The number of rotatable bonds is 46. The maximum atomic E-state index is 14.0. The molecule has 65 heavy (non-hydrogen) atoms. The third kappa shape index (κ3) is 35.6. The zero-order valence-corrected chi connectivity index (χ0v) is 43.5. The van der Waals surface area contributed by atoms with Crippen LogP contribution < -0.4 is 0 Å². The van der Waals surface area contributed by atoms with Gasteiger partial charge in [0.1, 0.15) is 0 Å². The maximum Gasteiger partial charge on any atom is 0.305 e. The summed E-state index contributed by atoms with van der Waals surface area (Å²) in [6.45, 7) is 21.3. The highest BCUT2D eigenvalue weighted by Crippen LogP contribution is 2.13. The average Bonchev–Trinajstić information content (AvgIpc) is 3.31. The fourth-order valence-corrected chi connectivity index (χ4v) is 8.69. The molecule has 0 radical (unpaired) electrons. The van der Waals surface area contributed by atoms with Gasteiger partial charge in [0.2, 0.25) is 11.8 Å². The van der Waals surface area contributed by atoms with Crippen LogP contribution in [0.15, 0.2) is 0 Å². The van der Waals surface area contributed by atoms with Crippen molar-refractivity contribution in [2.24, 2.45) is 0 Å². The van der Waals surface area contributed by atoms with Gasteiger partial charge in [-0.15, -0.1) is 0 Å². The van der Waals surface area contributed by atoms with Gasteiger partial charge in [-0.2, -0.15) is 0 Å². The van der Waals surface area contributed by atoms with Gasteiger partial charge < -0.3 is 24.2 Å². The maximum absolute atomic E-state index is 14.0. The summed E-state index contributed by atoms with van der Waals surface area (Å²) in [5.74, 6) is 0.134. The molecule has 1 aliphatic rings. The second-order valence-electron chi connectivity index (χ2n) is 19.2. The Labute approximate surface area is 401 Å². The summed E-state index contributed by atoms with van der Waals surface area (Å²) in [5, 5.41) is 0. The summed E-state index contributed by atoms with van der Waals surface area (Å²) in [5.41, 5.74) is 0. The average molecular weight is 920 g/mol. The van der Waals surface area contributed by atoms with Crippen LogP contribution in [0.25, 0.3) is 0 Å². The molecule has 0 unspecified atom stereocenters. The van der Waals surface area contributed by atoms with Crippen LogP contribution in [-0.4, -0.2) is 147 Å². The highest BCUT2D eigenvalue weighted by atomic mass is 16.5. The van der Waals surface area contributed by atoms with Gasteiger partial charge in [-0.05, 0) is 84.1 Å². The minimum absolute atomic E-state index is 0.0860. The summed E-state index contributed by atoms with van der Waals surface area (Å²) in [6, 6.07) is 0. The number of amides is 2. The molecule has 0 aromatic carbocycles. The van der Waals surface area contributed by atoms with Crippen molar-refractivity contribution in [1.82, 2.24) is 24.5 Å². The Morgan fingerprint density at radius 1 is 0.338 bits per heavy atom. The van der Waals surface area contributed by atoms with Gasteiger partial charge in [0, 0.05) is 52.1 Å². The Hall–Kier alpha value is -2.24. The van der Waals surface area contributed by atoms with E-state index in [1.807, 2.05) is 9.80 Å². The molecule has 0 aromatic heterocycles. The van der Waals surface area contributed by atoms with Crippen molar-refractivity contribution in [3.05, 3.63) is 0 Å². The third-order valence-corrected chi connectivity index (χ3v) is 13.2. The molecule has 0 spiro atoms. The van der Waals surface area contributed by atoms with Gasteiger partial charge in [0.15, 0.2) is 0 Å². The minimum atomic E-state index is -0.105. The van der Waals surface area contributed by atoms with E-state index in [0.717, 1.165) is 104 Å². The van der Waals surface area contributed by atoms with Crippen LogP contribution in [0.2, 0.25) is 0 Å². The fourth-order valence-electron chi connectivity index (χ4n) is 8.69. The predicted octanol–water partition coefficient (Wildman–Crippen LogP) is 11.5. The highest BCUT2D eigenvalue weighted by molar-refractivity contribution is 5.80. The third-order valence-electron chi connectivity index (χ3n) is 13.2. The molecule has 0 saturated carbocycles. The first-order chi connectivity index (χ1) is 31.8. The SMILES string of the molecule is CCCCCCCCCN(CCCC(=O)OCCCC)CCN(CCCCCCCCC)CC(=O)N1CCN(C(=O)CN(CCCCCCCCC)CCCCOC(=O)CCCC)CC1. The summed E-state index contributed by atoms with van der Waals surface area (Å²) in [6.07, 6.45) is 33.5. The van der Waals surface area contributed by atoms with Gasteiger partial charge in [-0.1, -0.05) is 163 Å². The van der Waals surface area contributed by atoms with Crippen molar-refractivity contribution in [2.45, 2.75) is 227 Å². The monoisotopic (exact) mass is 920 g/mol. The van der Waals surface area contributed by atoms with Crippen LogP contribution in [0.1, 0.15) is 227 Å². The molecule has 1 heterocycles. The number of esters is 2. The number of ether oxygens (including phenoxy) is 2. The topological polar surface area (TPSA) is 103 Å². The molecular weight excluding hydrogens is 815 g/mol. The zero-order valence-electron chi connectivity index (χ0n) is 43.5. The molecule has 1 rings (SSSR count). The summed E-state index contributed by atoms with van der Waals surface area (Å²) in [7, 11) is 0. The molecule has 2 amide bonds. The Kier molecular flexibility index (Phi) is 41.4. The van der Waals surface area contributed by atoms with Gasteiger partial charge in [0.05, 0.1) is 26.3 Å². The second kappa shape index (κ2) is 44.3. The number of carbonyl (C=O) groups is 4. The van der Waals surface area contributed by atoms with E-state index in [1.54, 1.807) is 0 Å². The molecule has 0 aliphatic carbocycles. The number of piperazine rings is 1. The first-order valence-electron chi connectivity index (χ1n) is 27.8. The number of unbranched alkanes of at least 4 members (excludes halogenated alkanes) is 21. The molecular formula is C54H105N5O6. The van der Waals surface area contributed by atoms with Crippen molar-refractivity contribution in [1.29, 1.82) is 0 Å². The largest absolute Gasteiger partial charge is 0.466 e. The quantitative estimate of drug-likeness (QED) is 0.0436. The Balaban J connectivity index is 2.82. The van der Waals surface area contributed by atoms with E-state index in [9.17, 15) is 19.2 Å². The van der Waals surface area contributed by atoms with E-state index in [4.69, 9.17) is 9.47 Å². The molecule has 11 nitrogen and oxygen atoms in total. The standard InChI is InChI=1S/C54H105N5O6/c1-6-11-16-19-22-25-28-36-55(40-33-35-54(63)64-47-15-10-5)41-42-57(38-30-27-24-21-18-13-8-3)50-52(61)59-45-43-58(44-46-59)51(60)49-56(37-29-26-23-20-17-12-7-2)39-31-32-48-65-53(62)34-14-9-4/h6-50H2,1-5H3. The molecule has 1 aliphatic heterocycles. The minimum Gasteiger partial charge on any atom is -0.466 e. The number of nitrogens with zero attached hydrogens (tertiary/aromatic N) is 5. The van der Waals surface area contributed by atoms with Gasteiger partial charge in [0.25, 0.3) is 0 Å². The zero-order chi connectivity index (χ0) is 47.4. The highest BCUT2D eigenvalue weighted by Gasteiger charge is 2.26.